The molecule has 3 nitrogen and oxygen atoms in total. The van der Waals surface area contributed by atoms with Crippen LogP contribution in [-0.4, -0.2) is 24.5 Å². The average Bonchev–Trinajstić information content (AvgIpc) is 2.17. The minimum Gasteiger partial charge on any atom is -0.243 e. The summed E-state index contributed by atoms with van der Waals surface area (Å²) >= 11 is 8.81. The summed E-state index contributed by atoms with van der Waals surface area (Å²) in [6.45, 7) is 3.39. The van der Waals surface area contributed by atoms with E-state index in [0.717, 1.165) is 4.47 Å². The Morgan fingerprint density at radius 1 is 1.56 bits per heavy atom. The third-order valence-electron chi connectivity index (χ3n) is 2.31. The number of hydrogen-bond acceptors (Lipinski definition) is 3. The van der Waals surface area contributed by atoms with E-state index in [4.69, 9.17) is 11.6 Å². The van der Waals surface area contributed by atoms with Gasteiger partial charge in [-0.2, -0.15) is 0 Å². The molecule has 0 saturated heterocycles. The Kier molecular flexibility index (Phi) is 4.76. The first kappa shape index (κ1) is 13.9. The summed E-state index contributed by atoms with van der Waals surface area (Å²) < 4.78 is 25.0. The fourth-order valence-electron chi connectivity index (χ4n) is 1.33. The van der Waals surface area contributed by atoms with Gasteiger partial charge in [0, 0.05) is 16.5 Å². The van der Waals surface area contributed by atoms with Gasteiger partial charge < -0.3 is 0 Å². The number of aryl methyl sites for hydroxylation is 1. The molecule has 16 heavy (non-hydrogen) atoms. The number of hydrogen-bond donors (Lipinski definition) is 0. The van der Waals surface area contributed by atoms with Crippen molar-refractivity contribution in [2.24, 2.45) is 0 Å². The van der Waals surface area contributed by atoms with E-state index in [1.54, 1.807) is 19.9 Å². The molecule has 0 spiro atoms. The van der Waals surface area contributed by atoms with Crippen molar-refractivity contribution in [3.05, 3.63) is 22.3 Å². The van der Waals surface area contributed by atoms with Crippen LogP contribution in [0, 0.1) is 6.92 Å². The molecule has 1 unspecified atom stereocenters. The predicted molar refractivity (Wildman–Crippen MR) is 68.7 cm³/mol. The van der Waals surface area contributed by atoms with Crippen LogP contribution >= 0.6 is 27.5 Å². The highest BCUT2D eigenvalue weighted by molar-refractivity contribution is 9.10. The fourth-order valence-corrected chi connectivity index (χ4v) is 3.74. The van der Waals surface area contributed by atoms with Crippen LogP contribution in [0.3, 0.4) is 0 Å². The number of halogens is 2. The van der Waals surface area contributed by atoms with Gasteiger partial charge in [-0.1, -0.05) is 0 Å². The third-order valence-corrected chi connectivity index (χ3v) is 5.23. The van der Waals surface area contributed by atoms with Gasteiger partial charge in [0.2, 0.25) is 0 Å². The number of aromatic nitrogens is 1. The van der Waals surface area contributed by atoms with Crippen molar-refractivity contribution in [1.29, 1.82) is 0 Å². The van der Waals surface area contributed by atoms with Crippen molar-refractivity contribution in [3.63, 3.8) is 0 Å². The van der Waals surface area contributed by atoms with Crippen molar-refractivity contribution in [2.45, 2.75) is 30.5 Å². The summed E-state index contributed by atoms with van der Waals surface area (Å²) in [6, 6.07) is 1.74. The summed E-state index contributed by atoms with van der Waals surface area (Å²) in [6.07, 6.45) is 1.92. The molecule has 0 saturated carbocycles. The largest absolute Gasteiger partial charge is 0.243 e. The molecule has 6 heteroatoms. The maximum atomic E-state index is 12.1. The molecule has 0 aliphatic carbocycles. The highest BCUT2D eigenvalue weighted by Gasteiger charge is 2.25. The van der Waals surface area contributed by atoms with Crippen LogP contribution in [0.15, 0.2) is 21.8 Å². The van der Waals surface area contributed by atoms with Crippen molar-refractivity contribution >= 4 is 37.4 Å². The molecule has 0 bridgehead atoms. The topological polar surface area (TPSA) is 47.0 Å². The smallest absolute Gasteiger partial charge is 0.198 e. The quantitative estimate of drug-likeness (QED) is 0.799. The second-order valence-electron chi connectivity index (χ2n) is 3.61. The van der Waals surface area contributed by atoms with Crippen LogP contribution in [0.2, 0.25) is 0 Å². The molecule has 0 amide bonds. The van der Waals surface area contributed by atoms with E-state index in [1.807, 2.05) is 0 Å². The summed E-state index contributed by atoms with van der Waals surface area (Å²) in [5, 5.41) is -0.356. The van der Waals surface area contributed by atoms with Crippen molar-refractivity contribution < 1.29 is 8.42 Å². The molecule has 1 aromatic rings. The lowest BCUT2D eigenvalue weighted by Gasteiger charge is -2.12. The Morgan fingerprint density at radius 2 is 2.19 bits per heavy atom. The van der Waals surface area contributed by atoms with E-state index < -0.39 is 15.1 Å². The lowest BCUT2D eigenvalue weighted by molar-refractivity contribution is 0.576. The molecule has 0 N–H and O–H groups in total. The molecular weight excluding hydrogens is 314 g/mol. The third kappa shape index (κ3) is 2.96. The van der Waals surface area contributed by atoms with Crippen LogP contribution in [0.25, 0.3) is 0 Å². The van der Waals surface area contributed by atoms with Gasteiger partial charge in [-0.05, 0) is 47.8 Å². The van der Waals surface area contributed by atoms with E-state index in [-0.39, 0.29) is 5.03 Å². The minimum atomic E-state index is -3.36. The lowest BCUT2D eigenvalue weighted by Crippen LogP contribution is -2.20. The van der Waals surface area contributed by atoms with E-state index in [1.165, 1.54) is 6.20 Å². The number of alkyl halides is 1. The summed E-state index contributed by atoms with van der Waals surface area (Å²) in [5.74, 6) is 0.329. The van der Waals surface area contributed by atoms with Crippen LogP contribution in [0.5, 0.6) is 0 Å². The number of rotatable bonds is 4. The lowest BCUT2D eigenvalue weighted by atomic mass is 10.3. The molecule has 0 aliphatic rings. The molecule has 0 fully saturated rings. The maximum absolute atomic E-state index is 12.1. The van der Waals surface area contributed by atoms with E-state index >= 15 is 0 Å². The van der Waals surface area contributed by atoms with E-state index in [2.05, 4.69) is 20.9 Å². The van der Waals surface area contributed by atoms with Crippen molar-refractivity contribution in [2.75, 3.05) is 5.88 Å². The standard InChI is InChI=1S/C10H13BrClNO2S/c1-7-5-9(11)6-13-10(7)16(14,15)8(2)3-4-12/h5-6,8H,3-4H2,1-2H3. The first-order valence-corrected chi connectivity index (χ1v) is 7.69. The maximum Gasteiger partial charge on any atom is 0.198 e. The molecule has 1 atom stereocenters. The fraction of sp³-hybridized carbons (Fsp3) is 0.500. The molecule has 1 aromatic heterocycles. The number of nitrogens with zero attached hydrogens (tertiary/aromatic N) is 1. The zero-order chi connectivity index (χ0) is 12.3. The van der Waals surface area contributed by atoms with Crippen molar-refractivity contribution in [1.82, 2.24) is 4.98 Å². The van der Waals surface area contributed by atoms with E-state index in [0.29, 0.717) is 17.9 Å². The van der Waals surface area contributed by atoms with Crippen LogP contribution in [0.4, 0.5) is 0 Å². The van der Waals surface area contributed by atoms with Gasteiger partial charge in [0.05, 0.1) is 5.25 Å². The molecule has 1 rings (SSSR count). The highest BCUT2D eigenvalue weighted by Crippen LogP contribution is 2.22. The Bertz CT molecular complexity index is 476. The van der Waals surface area contributed by atoms with Crippen LogP contribution < -0.4 is 0 Å². The first-order valence-electron chi connectivity index (χ1n) is 4.81. The Hall–Kier alpha value is -0.130. The van der Waals surface area contributed by atoms with Gasteiger partial charge in [-0.25, -0.2) is 13.4 Å². The highest BCUT2D eigenvalue weighted by atomic mass is 79.9. The van der Waals surface area contributed by atoms with Crippen LogP contribution in [0.1, 0.15) is 18.9 Å². The Morgan fingerprint density at radius 3 is 2.69 bits per heavy atom. The van der Waals surface area contributed by atoms with Gasteiger partial charge in [0.25, 0.3) is 0 Å². The number of pyridine rings is 1. The zero-order valence-corrected chi connectivity index (χ0v) is 12.2. The molecule has 0 aliphatic heterocycles. The Balaban J connectivity index is 3.17. The van der Waals surface area contributed by atoms with Gasteiger partial charge >= 0.3 is 0 Å². The summed E-state index contributed by atoms with van der Waals surface area (Å²) in [4.78, 5) is 3.97. The van der Waals surface area contributed by atoms with E-state index in [9.17, 15) is 8.42 Å². The monoisotopic (exact) mass is 325 g/mol. The SMILES string of the molecule is Cc1cc(Br)cnc1S(=O)(=O)C(C)CCCl. The molecule has 0 aromatic carbocycles. The summed E-state index contributed by atoms with van der Waals surface area (Å²) in [5.41, 5.74) is 0.649. The summed E-state index contributed by atoms with van der Waals surface area (Å²) in [7, 11) is -3.36. The average molecular weight is 327 g/mol. The van der Waals surface area contributed by atoms with Crippen LogP contribution in [-0.2, 0) is 9.84 Å². The number of sulfone groups is 1. The first-order chi connectivity index (χ1) is 7.39. The Labute approximate surface area is 109 Å². The normalized spacial score (nSPS) is 13.8. The van der Waals surface area contributed by atoms with Gasteiger partial charge in [-0.3, -0.25) is 0 Å². The minimum absolute atomic E-state index is 0.147. The molecule has 0 radical (unpaired) electrons. The predicted octanol–water partition coefficient (Wildman–Crippen LogP) is 2.94. The zero-order valence-electron chi connectivity index (χ0n) is 9.07. The molecular formula is C10H13BrClNO2S. The second-order valence-corrected chi connectivity index (χ2v) is 7.18. The van der Waals surface area contributed by atoms with Gasteiger partial charge in [0.15, 0.2) is 14.9 Å². The van der Waals surface area contributed by atoms with Gasteiger partial charge in [0.1, 0.15) is 0 Å². The molecule has 1 heterocycles. The van der Waals surface area contributed by atoms with Crippen molar-refractivity contribution in [3.8, 4) is 0 Å². The van der Waals surface area contributed by atoms with Gasteiger partial charge in [-0.15, -0.1) is 11.6 Å². The second kappa shape index (κ2) is 5.47. The molecule has 90 valence electrons.